The normalized spacial score (nSPS) is 30.7. The smallest absolute Gasteiger partial charge is 0.322 e. The second kappa shape index (κ2) is 3.48. The van der Waals surface area contributed by atoms with Gasteiger partial charge in [-0.05, 0) is 18.9 Å². The molecular weight excluding hydrogens is 194 g/mol. The second-order valence-corrected chi connectivity index (χ2v) is 4.75. The number of hydrogen-bond donors (Lipinski definition) is 2. The SMILES string of the molecule is CC(C)CN1C(=O)NC2(CCNC2)C1=O. The third-order valence-electron chi connectivity index (χ3n) is 2.95. The lowest BCUT2D eigenvalue weighted by Crippen LogP contribution is -2.48. The summed E-state index contributed by atoms with van der Waals surface area (Å²) in [4.78, 5) is 25.1. The molecule has 1 unspecified atom stereocenters. The van der Waals surface area contributed by atoms with E-state index >= 15 is 0 Å². The van der Waals surface area contributed by atoms with Gasteiger partial charge in [-0.3, -0.25) is 9.69 Å². The van der Waals surface area contributed by atoms with Crippen LogP contribution in [0.5, 0.6) is 0 Å². The average Bonchev–Trinajstić information content (AvgIpc) is 2.69. The minimum atomic E-state index is -0.647. The molecule has 2 aliphatic heterocycles. The van der Waals surface area contributed by atoms with Gasteiger partial charge in [0.25, 0.3) is 5.91 Å². The molecule has 2 fully saturated rings. The molecule has 1 atom stereocenters. The number of nitrogens with one attached hydrogen (secondary N) is 2. The highest BCUT2D eigenvalue weighted by Gasteiger charge is 2.52. The Morgan fingerprint density at radius 1 is 1.47 bits per heavy atom. The van der Waals surface area contributed by atoms with Crippen LogP contribution in [0.2, 0.25) is 0 Å². The van der Waals surface area contributed by atoms with Gasteiger partial charge in [-0.15, -0.1) is 0 Å². The summed E-state index contributed by atoms with van der Waals surface area (Å²) in [6.07, 6.45) is 0.701. The Kier molecular flexibility index (Phi) is 2.42. The Bertz CT molecular complexity index is 295. The lowest BCUT2D eigenvalue weighted by Gasteiger charge is -2.20. The largest absolute Gasteiger partial charge is 0.325 e. The summed E-state index contributed by atoms with van der Waals surface area (Å²) >= 11 is 0. The minimum Gasteiger partial charge on any atom is -0.322 e. The maximum Gasteiger partial charge on any atom is 0.325 e. The van der Waals surface area contributed by atoms with Crippen molar-refractivity contribution in [2.45, 2.75) is 25.8 Å². The molecule has 3 amide bonds. The fourth-order valence-electron chi connectivity index (χ4n) is 2.19. The Morgan fingerprint density at radius 3 is 2.73 bits per heavy atom. The second-order valence-electron chi connectivity index (χ2n) is 4.75. The summed E-state index contributed by atoms with van der Waals surface area (Å²) in [5, 5.41) is 5.93. The quantitative estimate of drug-likeness (QED) is 0.628. The Balaban J connectivity index is 2.15. The number of imide groups is 1. The van der Waals surface area contributed by atoms with Crippen molar-refractivity contribution in [3.05, 3.63) is 0 Å². The molecule has 0 aliphatic carbocycles. The molecule has 0 radical (unpaired) electrons. The number of hydrogen-bond acceptors (Lipinski definition) is 3. The van der Waals surface area contributed by atoms with Gasteiger partial charge in [-0.25, -0.2) is 4.79 Å². The Labute approximate surface area is 89.2 Å². The van der Waals surface area contributed by atoms with E-state index in [4.69, 9.17) is 0 Å². The van der Waals surface area contributed by atoms with E-state index in [2.05, 4.69) is 10.6 Å². The zero-order chi connectivity index (χ0) is 11.1. The van der Waals surface area contributed by atoms with Crippen LogP contribution < -0.4 is 10.6 Å². The lowest BCUT2D eigenvalue weighted by molar-refractivity contribution is -0.131. The number of carbonyl (C=O) groups excluding carboxylic acids is 2. The first-order chi connectivity index (χ1) is 7.05. The molecule has 0 saturated carbocycles. The van der Waals surface area contributed by atoms with Crippen LogP contribution in [0, 0.1) is 5.92 Å². The van der Waals surface area contributed by atoms with Crippen molar-refractivity contribution in [3.8, 4) is 0 Å². The molecule has 2 aliphatic rings. The number of carbonyl (C=O) groups is 2. The van der Waals surface area contributed by atoms with Gasteiger partial charge in [0, 0.05) is 13.1 Å². The first kappa shape index (κ1) is 10.4. The fraction of sp³-hybridized carbons (Fsp3) is 0.800. The fourth-order valence-corrected chi connectivity index (χ4v) is 2.19. The molecule has 0 aromatic heterocycles. The minimum absolute atomic E-state index is 0.0637. The van der Waals surface area contributed by atoms with Crippen molar-refractivity contribution in [2.24, 2.45) is 5.92 Å². The molecule has 2 N–H and O–H groups in total. The van der Waals surface area contributed by atoms with Gasteiger partial charge < -0.3 is 10.6 Å². The molecule has 2 rings (SSSR count). The Morgan fingerprint density at radius 2 is 2.20 bits per heavy atom. The highest BCUT2D eigenvalue weighted by molar-refractivity contribution is 6.07. The number of amides is 3. The van der Waals surface area contributed by atoms with Crippen molar-refractivity contribution >= 4 is 11.9 Å². The van der Waals surface area contributed by atoms with Crippen LogP contribution in [0.1, 0.15) is 20.3 Å². The summed E-state index contributed by atoms with van der Waals surface area (Å²) in [6.45, 7) is 5.86. The van der Waals surface area contributed by atoms with Gasteiger partial charge in [-0.2, -0.15) is 0 Å². The van der Waals surface area contributed by atoms with Gasteiger partial charge in [-0.1, -0.05) is 13.8 Å². The van der Waals surface area contributed by atoms with E-state index in [-0.39, 0.29) is 11.9 Å². The summed E-state index contributed by atoms with van der Waals surface area (Å²) < 4.78 is 0. The molecule has 0 aromatic carbocycles. The summed E-state index contributed by atoms with van der Waals surface area (Å²) in [6, 6.07) is -0.239. The number of nitrogens with zero attached hydrogens (tertiary/aromatic N) is 1. The molecule has 0 bridgehead atoms. The van der Waals surface area contributed by atoms with Crippen LogP contribution in [0.4, 0.5) is 4.79 Å². The van der Waals surface area contributed by atoms with Gasteiger partial charge in [0.2, 0.25) is 0 Å². The highest BCUT2D eigenvalue weighted by Crippen LogP contribution is 2.24. The molecule has 84 valence electrons. The summed E-state index contributed by atoms with van der Waals surface area (Å²) in [5.41, 5.74) is -0.647. The van der Waals surface area contributed by atoms with Gasteiger partial charge in [0.1, 0.15) is 5.54 Å². The van der Waals surface area contributed by atoms with E-state index in [1.54, 1.807) is 0 Å². The third kappa shape index (κ3) is 1.61. The monoisotopic (exact) mass is 211 g/mol. The molecule has 1 spiro atoms. The van der Waals surface area contributed by atoms with Crippen LogP contribution in [0.25, 0.3) is 0 Å². The zero-order valence-corrected chi connectivity index (χ0v) is 9.17. The van der Waals surface area contributed by atoms with Crippen molar-refractivity contribution < 1.29 is 9.59 Å². The van der Waals surface area contributed by atoms with Crippen LogP contribution in [-0.2, 0) is 4.79 Å². The van der Waals surface area contributed by atoms with Crippen molar-refractivity contribution in [3.63, 3.8) is 0 Å². The first-order valence-corrected chi connectivity index (χ1v) is 5.40. The molecule has 5 nitrogen and oxygen atoms in total. The van der Waals surface area contributed by atoms with Crippen LogP contribution in [0.3, 0.4) is 0 Å². The summed E-state index contributed by atoms with van der Waals surface area (Å²) in [5.74, 6) is 0.246. The van der Waals surface area contributed by atoms with E-state index in [1.165, 1.54) is 4.90 Å². The maximum atomic E-state index is 12.1. The van der Waals surface area contributed by atoms with Crippen molar-refractivity contribution in [2.75, 3.05) is 19.6 Å². The van der Waals surface area contributed by atoms with E-state index in [9.17, 15) is 9.59 Å². The molecule has 2 heterocycles. The number of rotatable bonds is 2. The van der Waals surface area contributed by atoms with Crippen LogP contribution >= 0.6 is 0 Å². The predicted molar refractivity (Wildman–Crippen MR) is 55.3 cm³/mol. The van der Waals surface area contributed by atoms with E-state index in [1.807, 2.05) is 13.8 Å². The predicted octanol–water partition coefficient (Wildman–Crippen LogP) is -0.0737. The van der Waals surface area contributed by atoms with Crippen LogP contribution in [-0.4, -0.2) is 42.0 Å². The molecule has 2 saturated heterocycles. The van der Waals surface area contributed by atoms with Gasteiger partial charge >= 0.3 is 6.03 Å². The molecule has 0 aromatic rings. The zero-order valence-electron chi connectivity index (χ0n) is 9.17. The van der Waals surface area contributed by atoms with Crippen molar-refractivity contribution in [1.82, 2.24) is 15.5 Å². The highest BCUT2D eigenvalue weighted by atomic mass is 16.2. The number of urea groups is 1. The average molecular weight is 211 g/mol. The van der Waals surface area contributed by atoms with Gasteiger partial charge in [0.15, 0.2) is 0 Å². The standard InChI is InChI=1S/C10H17N3O2/c1-7(2)5-13-8(14)10(12-9(13)15)3-4-11-6-10/h7,11H,3-6H2,1-2H3,(H,12,15). The maximum absolute atomic E-state index is 12.1. The lowest BCUT2D eigenvalue weighted by atomic mass is 9.99. The topological polar surface area (TPSA) is 61.4 Å². The molecular formula is C10H17N3O2. The van der Waals surface area contributed by atoms with E-state index in [0.29, 0.717) is 25.4 Å². The van der Waals surface area contributed by atoms with Crippen LogP contribution in [0.15, 0.2) is 0 Å². The molecule has 5 heteroatoms. The van der Waals surface area contributed by atoms with E-state index < -0.39 is 5.54 Å². The van der Waals surface area contributed by atoms with Gasteiger partial charge in [0.05, 0.1) is 0 Å². The van der Waals surface area contributed by atoms with E-state index in [0.717, 1.165) is 6.54 Å². The summed E-state index contributed by atoms with van der Waals surface area (Å²) in [7, 11) is 0. The van der Waals surface area contributed by atoms with Crippen molar-refractivity contribution in [1.29, 1.82) is 0 Å². The first-order valence-electron chi connectivity index (χ1n) is 5.40. The third-order valence-corrected chi connectivity index (χ3v) is 2.95. The molecule has 15 heavy (non-hydrogen) atoms. The Hall–Kier alpha value is -1.10.